The van der Waals surface area contributed by atoms with Crippen molar-refractivity contribution >= 4 is 16.0 Å². The molecular weight excluding hydrogens is 309 g/mol. The molecule has 1 aromatic carbocycles. The van der Waals surface area contributed by atoms with Crippen molar-refractivity contribution in [3.05, 3.63) is 35.6 Å². The van der Waals surface area contributed by atoms with Crippen molar-refractivity contribution in [1.29, 1.82) is 0 Å². The molecule has 0 unspecified atom stereocenters. The molecule has 1 aromatic rings. The summed E-state index contributed by atoms with van der Waals surface area (Å²) in [5.74, 6) is -1.98. The van der Waals surface area contributed by atoms with Crippen LogP contribution < -0.4 is 0 Å². The van der Waals surface area contributed by atoms with Crippen LogP contribution in [0.15, 0.2) is 24.3 Å². The zero-order valence-electron chi connectivity index (χ0n) is 12.5. The first-order valence-corrected chi connectivity index (χ1v) is 8.86. The number of hydrogen-bond donors (Lipinski definition) is 1. The van der Waals surface area contributed by atoms with Crippen LogP contribution in [0.4, 0.5) is 4.39 Å². The Morgan fingerprint density at radius 3 is 2.68 bits per heavy atom. The van der Waals surface area contributed by atoms with E-state index in [2.05, 4.69) is 0 Å². The Morgan fingerprint density at radius 2 is 2.09 bits per heavy atom. The van der Waals surface area contributed by atoms with Crippen LogP contribution in [0.1, 0.15) is 31.7 Å². The van der Waals surface area contributed by atoms with Gasteiger partial charge < -0.3 is 5.11 Å². The lowest BCUT2D eigenvalue weighted by molar-refractivity contribution is -0.151. The van der Waals surface area contributed by atoms with Crippen LogP contribution >= 0.6 is 0 Å². The maximum absolute atomic E-state index is 13.7. The van der Waals surface area contributed by atoms with E-state index in [1.54, 1.807) is 13.0 Å². The molecule has 7 heteroatoms. The molecule has 1 aliphatic heterocycles. The van der Waals surface area contributed by atoms with Crippen LogP contribution in [0.5, 0.6) is 0 Å². The van der Waals surface area contributed by atoms with Crippen molar-refractivity contribution in [3.8, 4) is 0 Å². The number of carbonyl (C=O) groups is 1. The molecule has 5 nitrogen and oxygen atoms in total. The standard InChI is InChI=1S/C15H20FNO4S/c1-2-15(14(18)19)8-5-9-17(11-15)22(20,21)10-12-6-3-4-7-13(12)16/h3-4,6-7H,2,5,8-11H2,1H3,(H,18,19)/t15-/m0/s1. The topological polar surface area (TPSA) is 74.7 Å². The molecule has 0 bridgehead atoms. The number of rotatable bonds is 5. The molecule has 1 N–H and O–H groups in total. The van der Waals surface area contributed by atoms with E-state index < -0.39 is 33.0 Å². The van der Waals surface area contributed by atoms with Crippen molar-refractivity contribution in [3.63, 3.8) is 0 Å². The number of nitrogens with zero attached hydrogens (tertiary/aromatic N) is 1. The number of aliphatic carboxylic acids is 1. The van der Waals surface area contributed by atoms with Gasteiger partial charge in [-0.1, -0.05) is 25.1 Å². The van der Waals surface area contributed by atoms with E-state index in [1.165, 1.54) is 22.5 Å². The van der Waals surface area contributed by atoms with Gasteiger partial charge in [-0.2, -0.15) is 0 Å². The van der Waals surface area contributed by atoms with E-state index >= 15 is 0 Å². The lowest BCUT2D eigenvalue weighted by Crippen LogP contribution is -2.49. The molecule has 22 heavy (non-hydrogen) atoms. The Morgan fingerprint density at radius 1 is 1.41 bits per heavy atom. The van der Waals surface area contributed by atoms with E-state index in [4.69, 9.17) is 0 Å². The zero-order valence-corrected chi connectivity index (χ0v) is 13.3. The lowest BCUT2D eigenvalue weighted by atomic mass is 9.78. The fourth-order valence-corrected chi connectivity index (χ4v) is 4.51. The third kappa shape index (κ3) is 3.30. The van der Waals surface area contributed by atoms with Gasteiger partial charge in [-0.25, -0.2) is 17.1 Å². The second-order valence-electron chi connectivity index (χ2n) is 5.72. The second kappa shape index (κ2) is 6.34. The van der Waals surface area contributed by atoms with Crippen molar-refractivity contribution in [2.75, 3.05) is 13.1 Å². The van der Waals surface area contributed by atoms with Gasteiger partial charge in [-0.05, 0) is 25.3 Å². The average Bonchev–Trinajstić information content (AvgIpc) is 2.49. The number of sulfonamides is 1. The quantitative estimate of drug-likeness (QED) is 0.899. The van der Waals surface area contributed by atoms with Crippen LogP contribution in [-0.2, 0) is 20.6 Å². The highest BCUT2D eigenvalue weighted by Gasteiger charge is 2.43. The number of carboxylic acids is 1. The predicted octanol–water partition coefficient (Wildman–Crippen LogP) is 2.23. The summed E-state index contributed by atoms with van der Waals surface area (Å²) in [5.41, 5.74) is -0.939. The first-order chi connectivity index (χ1) is 10.3. The van der Waals surface area contributed by atoms with Crippen molar-refractivity contribution in [1.82, 2.24) is 4.31 Å². The number of carboxylic acid groups (broad SMARTS) is 1. The molecule has 0 saturated carbocycles. The van der Waals surface area contributed by atoms with Gasteiger partial charge >= 0.3 is 5.97 Å². The van der Waals surface area contributed by atoms with Gasteiger partial charge in [0.05, 0.1) is 11.2 Å². The summed E-state index contributed by atoms with van der Waals surface area (Å²) in [5, 5.41) is 9.42. The van der Waals surface area contributed by atoms with Gasteiger partial charge in [0.1, 0.15) is 5.82 Å². The number of halogens is 1. The molecule has 0 aromatic heterocycles. The normalized spacial score (nSPS) is 23.4. The smallest absolute Gasteiger partial charge is 0.310 e. The van der Waals surface area contributed by atoms with Gasteiger partial charge in [0.2, 0.25) is 10.0 Å². The van der Waals surface area contributed by atoms with Gasteiger partial charge in [-0.15, -0.1) is 0 Å². The van der Waals surface area contributed by atoms with Crippen LogP contribution in [-0.4, -0.2) is 36.9 Å². The molecular formula is C15H20FNO4S. The summed E-state index contributed by atoms with van der Waals surface area (Å²) in [6.45, 7) is 1.99. The Labute approximate surface area is 129 Å². The summed E-state index contributed by atoms with van der Waals surface area (Å²) in [6.07, 6.45) is 1.33. The molecule has 1 atom stereocenters. The van der Waals surface area contributed by atoms with Crippen LogP contribution in [0, 0.1) is 11.2 Å². The van der Waals surface area contributed by atoms with Gasteiger partial charge in [0.15, 0.2) is 0 Å². The van der Waals surface area contributed by atoms with Gasteiger partial charge in [0, 0.05) is 18.7 Å². The number of benzene rings is 1. The largest absolute Gasteiger partial charge is 0.481 e. The highest BCUT2D eigenvalue weighted by atomic mass is 32.2. The van der Waals surface area contributed by atoms with E-state index in [0.29, 0.717) is 19.3 Å². The molecule has 1 fully saturated rings. The summed E-state index contributed by atoms with van der Waals surface area (Å²) < 4.78 is 39.9. The van der Waals surface area contributed by atoms with E-state index in [0.717, 1.165) is 0 Å². The van der Waals surface area contributed by atoms with Crippen molar-refractivity contribution < 1.29 is 22.7 Å². The molecule has 1 saturated heterocycles. The summed E-state index contributed by atoms with van der Waals surface area (Å²) in [6, 6.07) is 5.73. The minimum Gasteiger partial charge on any atom is -0.481 e. The Hall–Kier alpha value is -1.47. The lowest BCUT2D eigenvalue weighted by Gasteiger charge is -2.38. The molecule has 2 rings (SSSR count). The van der Waals surface area contributed by atoms with E-state index in [1.807, 2.05) is 0 Å². The highest BCUT2D eigenvalue weighted by molar-refractivity contribution is 7.88. The maximum atomic E-state index is 13.7. The van der Waals surface area contributed by atoms with Crippen molar-refractivity contribution in [2.24, 2.45) is 5.41 Å². The third-order valence-corrected chi connectivity index (χ3v) is 6.14. The van der Waals surface area contributed by atoms with Gasteiger partial charge in [0.25, 0.3) is 0 Å². The second-order valence-corrected chi connectivity index (χ2v) is 7.69. The first-order valence-electron chi connectivity index (χ1n) is 7.25. The summed E-state index contributed by atoms with van der Waals surface area (Å²) in [7, 11) is -3.74. The minimum atomic E-state index is -3.74. The van der Waals surface area contributed by atoms with Gasteiger partial charge in [-0.3, -0.25) is 4.79 Å². The third-order valence-electron chi connectivity index (χ3n) is 4.36. The molecule has 0 spiro atoms. The fourth-order valence-electron chi connectivity index (χ4n) is 2.84. The molecule has 0 aliphatic carbocycles. The number of piperidine rings is 1. The molecule has 1 heterocycles. The fraction of sp³-hybridized carbons (Fsp3) is 0.533. The Kier molecular flexibility index (Phi) is 4.87. The number of hydrogen-bond acceptors (Lipinski definition) is 3. The minimum absolute atomic E-state index is 0.0460. The maximum Gasteiger partial charge on any atom is 0.310 e. The van der Waals surface area contributed by atoms with Crippen molar-refractivity contribution in [2.45, 2.75) is 31.9 Å². The van der Waals surface area contributed by atoms with E-state index in [9.17, 15) is 22.7 Å². The summed E-state index contributed by atoms with van der Waals surface area (Å²) in [4.78, 5) is 11.5. The molecule has 1 aliphatic rings. The van der Waals surface area contributed by atoms with Crippen LogP contribution in [0.2, 0.25) is 0 Å². The predicted molar refractivity (Wildman–Crippen MR) is 80.2 cm³/mol. The molecule has 0 amide bonds. The zero-order chi connectivity index (χ0) is 16.4. The van der Waals surface area contributed by atoms with Crippen LogP contribution in [0.25, 0.3) is 0 Å². The average molecular weight is 329 g/mol. The summed E-state index contributed by atoms with van der Waals surface area (Å²) >= 11 is 0. The Bertz CT molecular complexity index is 661. The molecule has 0 radical (unpaired) electrons. The molecule has 122 valence electrons. The highest BCUT2D eigenvalue weighted by Crippen LogP contribution is 2.35. The Balaban J connectivity index is 2.22. The SMILES string of the molecule is CC[C@]1(C(=O)O)CCCN(S(=O)(=O)Cc2ccccc2F)C1. The van der Waals surface area contributed by atoms with E-state index in [-0.39, 0.29) is 18.7 Å². The monoisotopic (exact) mass is 329 g/mol. The van der Waals surface area contributed by atoms with Crippen LogP contribution in [0.3, 0.4) is 0 Å². The first kappa shape index (κ1) is 16.9.